The number of anilines is 1. The normalized spacial score (nSPS) is 17.6. The molecule has 0 bridgehead atoms. The van der Waals surface area contributed by atoms with E-state index in [0.717, 1.165) is 41.1 Å². The van der Waals surface area contributed by atoms with E-state index < -0.39 is 0 Å². The first-order chi connectivity index (χ1) is 27.7. The molecule has 7 aromatic carbocycles. The molecule has 0 saturated heterocycles. The van der Waals surface area contributed by atoms with Gasteiger partial charge in [0.15, 0.2) is 0 Å². The molecule has 56 heavy (non-hydrogen) atoms. The Labute approximate surface area is 328 Å². The van der Waals surface area contributed by atoms with Gasteiger partial charge in [-0.05, 0) is 104 Å². The Balaban J connectivity index is 1.01. The fourth-order valence-electron chi connectivity index (χ4n) is 8.45. The van der Waals surface area contributed by atoms with Crippen LogP contribution in [0, 0.1) is 0 Å². The number of rotatable bonds is 7. The second-order valence-corrected chi connectivity index (χ2v) is 14.7. The molecule has 2 atom stereocenters. The fourth-order valence-corrected chi connectivity index (χ4v) is 8.45. The summed E-state index contributed by atoms with van der Waals surface area (Å²) in [6, 6.07) is 63.1. The molecule has 0 fully saturated rings. The Kier molecular flexibility index (Phi) is 8.81. The highest BCUT2D eigenvalue weighted by Gasteiger charge is 2.25. The molecule has 3 aliphatic rings. The summed E-state index contributed by atoms with van der Waals surface area (Å²) in [6.45, 7) is 0. The van der Waals surface area contributed by atoms with Crippen molar-refractivity contribution in [3.05, 3.63) is 239 Å². The van der Waals surface area contributed by atoms with Crippen LogP contribution in [0.25, 0.3) is 38.7 Å². The van der Waals surface area contributed by atoms with Crippen LogP contribution in [-0.4, -0.2) is 11.9 Å². The van der Waals surface area contributed by atoms with Gasteiger partial charge in [-0.3, -0.25) is 4.99 Å². The van der Waals surface area contributed by atoms with Crippen molar-refractivity contribution in [2.24, 2.45) is 4.99 Å². The van der Waals surface area contributed by atoms with Gasteiger partial charge in [-0.25, -0.2) is 0 Å². The quantitative estimate of drug-likeness (QED) is 0.172. The van der Waals surface area contributed by atoms with E-state index in [-0.39, 0.29) is 12.2 Å². The third-order valence-electron chi connectivity index (χ3n) is 11.2. The fraction of sp³-hybridized carbons (Fsp3) is 0.0755. The molecular formula is C53H41N3. The zero-order valence-corrected chi connectivity index (χ0v) is 31.1. The molecule has 2 aliphatic heterocycles. The average molecular weight is 720 g/mol. The van der Waals surface area contributed by atoms with Crippen molar-refractivity contribution in [3.8, 4) is 11.1 Å². The average Bonchev–Trinajstić information content (AvgIpc) is 3.29. The lowest BCUT2D eigenvalue weighted by atomic mass is 9.84. The summed E-state index contributed by atoms with van der Waals surface area (Å²) >= 11 is 0. The first kappa shape index (κ1) is 33.6. The van der Waals surface area contributed by atoms with Gasteiger partial charge in [0.25, 0.3) is 0 Å². The highest BCUT2D eigenvalue weighted by Crippen LogP contribution is 2.44. The predicted octanol–water partition coefficient (Wildman–Crippen LogP) is 12.7. The molecule has 0 aromatic heterocycles. The smallest absolute Gasteiger partial charge is 0.141 e. The molecule has 7 aromatic rings. The molecule has 2 unspecified atom stereocenters. The second-order valence-electron chi connectivity index (χ2n) is 14.7. The number of fused-ring (bicyclic) bond motifs is 3. The van der Waals surface area contributed by atoms with E-state index in [9.17, 15) is 0 Å². The molecule has 2 N–H and O–H groups in total. The first-order valence-corrected chi connectivity index (χ1v) is 19.6. The molecule has 10 rings (SSSR count). The van der Waals surface area contributed by atoms with Crippen LogP contribution in [-0.2, 0) is 0 Å². The minimum atomic E-state index is -0.150. The van der Waals surface area contributed by atoms with Crippen molar-refractivity contribution >= 4 is 39.0 Å². The van der Waals surface area contributed by atoms with Gasteiger partial charge in [0.2, 0.25) is 0 Å². The van der Waals surface area contributed by atoms with E-state index >= 15 is 0 Å². The van der Waals surface area contributed by atoms with Crippen LogP contribution < -0.4 is 10.6 Å². The van der Waals surface area contributed by atoms with Crippen LogP contribution in [0.3, 0.4) is 0 Å². The summed E-state index contributed by atoms with van der Waals surface area (Å²) in [5.41, 5.74) is 16.7. The first-order valence-electron chi connectivity index (χ1n) is 19.6. The number of aliphatic imine (C=N–C) groups is 1. The Bertz CT molecular complexity index is 2720. The third-order valence-corrected chi connectivity index (χ3v) is 11.2. The third kappa shape index (κ3) is 6.48. The lowest BCUT2D eigenvalue weighted by molar-refractivity contribution is 0.670. The predicted molar refractivity (Wildman–Crippen MR) is 235 cm³/mol. The molecular weight excluding hydrogens is 679 g/mol. The zero-order chi connectivity index (χ0) is 37.3. The molecule has 2 heterocycles. The largest absolute Gasteiger partial charge is 0.374 e. The maximum Gasteiger partial charge on any atom is 0.141 e. The number of benzene rings is 7. The molecule has 1 aliphatic carbocycles. The van der Waals surface area contributed by atoms with Gasteiger partial charge in [0, 0.05) is 16.9 Å². The summed E-state index contributed by atoms with van der Waals surface area (Å²) in [6.07, 6.45) is 11.1. The Morgan fingerprint density at radius 2 is 1.18 bits per heavy atom. The van der Waals surface area contributed by atoms with E-state index in [2.05, 4.69) is 211 Å². The summed E-state index contributed by atoms with van der Waals surface area (Å²) in [4.78, 5) is 5.29. The molecule has 3 nitrogen and oxygen atoms in total. The summed E-state index contributed by atoms with van der Waals surface area (Å²) in [5, 5.41) is 10.1. The van der Waals surface area contributed by atoms with Gasteiger partial charge in [0.1, 0.15) is 6.17 Å². The van der Waals surface area contributed by atoms with Crippen LogP contribution in [0.5, 0.6) is 0 Å². The van der Waals surface area contributed by atoms with E-state index in [0.29, 0.717) is 0 Å². The molecule has 0 amide bonds. The van der Waals surface area contributed by atoms with Gasteiger partial charge < -0.3 is 10.6 Å². The highest BCUT2D eigenvalue weighted by molar-refractivity contribution is 6.13. The minimum absolute atomic E-state index is 0.0818. The van der Waals surface area contributed by atoms with Crippen molar-refractivity contribution in [2.45, 2.75) is 25.0 Å². The van der Waals surface area contributed by atoms with Crippen LogP contribution in [0.15, 0.2) is 211 Å². The summed E-state index contributed by atoms with van der Waals surface area (Å²) < 4.78 is 0. The van der Waals surface area contributed by atoms with Gasteiger partial charge in [-0.1, -0.05) is 176 Å². The van der Waals surface area contributed by atoms with Gasteiger partial charge in [-0.2, -0.15) is 0 Å². The van der Waals surface area contributed by atoms with Crippen molar-refractivity contribution in [1.29, 1.82) is 0 Å². The number of nitrogens with zero attached hydrogens (tertiary/aromatic N) is 1. The van der Waals surface area contributed by atoms with Crippen LogP contribution in [0.2, 0.25) is 0 Å². The summed E-state index contributed by atoms with van der Waals surface area (Å²) in [5.74, 6) is 0. The van der Waals surface area contributed by atoms with Crippen molar-refractivity contribution in [2.75, 3.05) is 5.32 Å². The number of allylic oxidation sites excluding steroid dienone is 4. The van der Waals surface area contributed by atoms with Gasteiger partial charge in [-0.15, -0.1) is 0 Å². The summed E-state index contributed by atoms with van der Waals surface area (Å²) in [7, 11) is 0. The zero-order valence-electron chi connectivity index (χ0n) is 31.1. The van der Waals surface area contributed by atoms with Crippen molar-refractivity contribution in [1.82, 2.24) is 5.32 Å². The van der Waals surface area contributed by atoms with Crippen LogP contribution >= 0.6 is 0 Å². The van der Waals surface area contributed by atoms with Gasteiger partial charge >= 0.3 is 0 Å². The van der Waals surface area contributed by atoms with Gasteiger partial charge in [0.05, 0.1) is 11.8 Å². The Morgan fingerprint density at radius 1 is 0.518 bits per heavy atom. The number of hydrogen-bond acceptors (Lipinski definition) is 3. The van der Waals surface area contributed by atoms with E-state index in [1.165, 1.54) is 60.9 Å². The molecule has 0 saturated carbocycles. The van der Waals surface area contributed by atoms with E-state index in [1.807, 2.05) is 0 Å². The topological polar surface area (TPSA) is 36.4 Å². The minimum Gasteiger partial charge on any atom is -0.374 e. The molecule has 268 valence electrons. The van der Waals surface area contributed by atoms with Crippen molar-refractivity contribution < 1.29 is 0 Å². The SMILES string of the molecule is C1=C(c2cccc(-c3cccc4c5c(ccc34)NC(c3ccccc3)C=C5c3ccccc3)c2)C=C(C2N=C(c3ccccc3)C=C(c3ccccc3)N2)CC1. The molecule has 0 radical (unpaired) electrons. The second kappa shape index (κ2) is 14.7. The molecule has 0 spiro atoms. The van der Waals surface area contributed by atoms with Crippen LogP contribution in [0.4, 0.5) is 5.69 Å². The maximum absolute atomic E-state index is 5.29. The Morgan fingerprint density at radius 3 is 1.95 bits per heavy atom. The van der Waals surface area contributed by atoms with E-state index in [1.54, 1.807) is 0 Å². The lowest BCUT2D eigenvalue weighted by Gasteiger charge is -2.29. The van der Waals surface area contributed by atoms with E-state index in [4.69, 9.17) is 4.99 Å². The van der Waals surface area contributed by atoms with Crippen molar-refractivity contribution in [3.63, 3.8) is 0 Å². The Hall–Kier alpha value is -6.97. The highest BCUT2D eigenvalue weighted by atomic mass is 15.1. The van der Waals surface area contributed by atoms with Crippen LogP contribution in [0.1, 0.15) is 52.3 Å². The number of hydrogen-bond donors (Lipinski definition) is 2. The maximum atomic E-state index is 5.29. The standard InChI is InChI=1S/C53H41N3/c1-5-16-36(17-6-1)47-34-49(37-18-7-2-8-19-37)54-48-31-30-45-44(28-15-29-46(45)52(47)48)42-26-13-24-40(32-42)41-25-14-27-43(33-41)53-55-50(38-20-9-3-10-21-38)35-51(56-53)39-22-11-4-12-23-39/h1-13,15-26,28-35,49,53-55H,14,27H2. The number of nitrogens with one attached hydrogen (secondary N) is 2. The lowest BCUT2D eigenvalue weighted by Crippen LogP contribution is -2.33. The monoisotopic (exact) mass is 719 g/mol. The molecule has 3 heteroatoms.